The Morgan fingerprint density at radius 2 is 1.89 bits per heavy atom. The number of benzene rings is 1. The maximum absolute atomic E-state index is 5.77. The van der Waals surface area contributed by atoms with E-state index in [9.17, 15) is 0 Å². The summed E-state index contributed by atoms with van der Waals surface area (Å²) in [5.74, 6) is 1.52. The molecule has 18 heavy (non-hydrogen) atoms. The van der Waals surface area contributed by atoms with Crippen LogP contribution in [0.3, 0.4) is 0 Å². The van der Waals surface area contributed by atoms with E-state index in [-0.39, 0.29) is 0 Å². The minimum atomic E-state index is 0.681. The molecule has 1 aromatic carbocycles. The SMILES string of the molecule is COc1ccc(OC)c(-c2cc(C)c(N)cn2)c1. The topological polar surface area (TPSA) is 57.4 Å². The molecule has 0 bridgehead atoms. The Morgan fingerprint density at radius 1 is 1.11 bits per heavy atom. The van der Waals surface area contributed by atoms with Crippen molar-refractivity contribution < 1.29 is 9.47 Å². The minimum Gasteiger partial charge on any atom is -0.497 e. The molecule has 4 heteroatoms. The number of pyridine rings is 1. The van der Waals surface area contributed by atoms with Crippen molar-refractivity contribution in [3.8, 4) is 22.8 Å². The van der Waals surface area contributed by atoms with Crippen LogP contribution in [0.5, 0.6) is 11.5 Å². The Hall–Kier alpha value is -2.23. The molecule has 0 radical (unpaired) electrons. The predicted octanol–water partition coefficient (Wildman–Crippen LogP) is 2.66. The standard InChI is InChI=1S/C14H16N2O2/c1-9-6-13(16-8-12(9)15)11-7-10(17-2)4-5-14(11)18-3/h4-8H,15H2,1-3H3. The summed E-state index contributed by atoms with van der Waals surface area (Å²) in [6.07, 6.45) is 1.66. The van der Waals surface area contributed by atoms with E-state index in [1.165, 1.54) is 0 Å². The molecule has 0 saturated carbocycles. The number of methoxy groups -OCH3 is 2. The first kappa shape index (κ1) is 12.2. The summed E-state index contributed by atoms with van der Waals surface area (Å²) in [5, 5.41) is 0. The zero-order valence-electron chi connectivity index (χ0n) is 10.7. The fraction of sp³-hybridized carbons (Fsp3) is 0.214. The zero-order valence-corrected chi connectivity index (χ0v) is 10.7. The van der Waals surface area contributed by atoms with Crippen LogP contribution in [-0.4, -0.2) is 19.2 Å². The first-order valence-corrected chi connectivity index (χ1v) is 5.60. The molecule has 0 aliphatic rings. The van der Waals surface area contributed by atoms with E-state index in [2.05, 4.69) is 4.98 Å². The quantitative estimate of drug-likeness (QED) is 0.901. The average Bonchev–Trinajstić information content (AvgIpc) is 2.41. The van der Waals surface area contributed by atoms with Crippen molar-refractivity contribution in [1.29, 1.82) is 0 Å². The first-order valence-electron chi connectivity index (χ1n) is 5.60. The van der Waals surface area contributed by atoms with Crippen LogP contribution >= 0.6 is 0 Å². The predicted molar refractivity (Wildman–Crippen MR) is 71.9 cm³/mol. The molecule has 0 saturated heterocycles. The lowest BCUT2D eigenvalue weighted by atomic mass is 10.1. The van der Waals surface area contributed by atoms with Gasteiger partial charge in [0, 0.05) is 5.56 Å². The third kappa shape index (κ3) is 2.22. The van der Waals surface area contributed by atoms with Gasteiger partial charge in [0.1, 0.15) is 11.5 Å². The lowest BCUT2D eigenvalue weighted by molar-refractivity contribution is 0.404. The molecule has 1 heterocycles. The Morgan fingerprint density at radius 3 is 2.50 bits per heavy atom. The van der Waals surface area contributed by atoms with Crippen molar-refractivity contribution >= 4 is 5.69 Å². The number of hydrogen-bond acceptors (Lipinski definition) is 4. The van der Waals surface area contributed by atoms with Crippen molar-refractivity contribution in [1.82, 2.24) is 4.98 Å². The summed E-state index contributed by atoms with van der Waals surface area (Å²) >= 11 is 0. The largest absolute Gasteiger partial charge is 0.497 e. The summed E-state index contributed by atoms with van der Waals surface area (Å²) < 4.78 is 10.6. The third-order valence-corrected chi connectivity index (χ3v) is 2.83. The second kappa shape index (κ2) is 4.96. The van der Waals surface area contributed by atoms with Gasteiger partial charge in [-0.15, -0.1) is 0 Å². The highest BCUT2D eigenvalue weighted by molar-refractivity contribution is 5.70. The van der Waals surface area contributed by atoms with Crippen molar-refractivity contribution in [2.45, 2.75) is 6.92 Å². The van der Waals surface area contributed by atoms with Gasteiger partial charge in [-0.05, 0) is 36.8 Å². The van der Waals surface area contributed by atoms with Crippen molar-refractivity contribution in [2.24, 2.45) is 0 Å². The van der Waals surface area contributed by atoms with Crippen molar-refractivity contribution in [3.63, 3.8) is 0 Å². The van der Waals surface area contributed by atoms with Gasteiger partial charge >= 0.3 is 0 Å². The van der Waals surface area contributed by atoms with Crippen molar-refractivity contribution in [3.05, 3.63) is 36.0 Å². The van der Waals surface area contributed by atoms with Gasteiger partial charge < -0.3 is 15.2 Å². The number of rotatable bonds is 3. The van der Waals surface area contributed by atoms with E-state index < -0.39 is 0 Å². The van der Waals surface area contributed by atoms with Crippen LogP contribution in [0.4, 0.5) is 5.69 Å². The van der Waals surface area contributed by atoms with E-state index in [0.29, 0.717) is 5.69 Å². The summed E-state index contributed by atoms with van der Waals surface area (Å²) in [4.78, 5) is 4.33. The van der Waals surface area contributed by atoms with Gasteiger partial charge in [0.2, 0.25) is 0 Å². The molecule has 94 valence electrons. The monoisotopic (exact) mass is 244 g/mol. The first-order chi connectivity index (χ1) is 8.65. The normalized spacial score (nSPS) is 10.2. The van der Waals surface area contributed by atoms with E-state index in [4.69, 9.17) is 15.2 Å². The molecule has 2 N–H and O–H groups in total. The van der Waals surface area contributed by atoms with Crippen molar-refractivity contribution in [2.75, 3.05) is 20.0 Å². The van der Waals surface area contributed by atoms with Crippen LogP contribution in [0, 0.1) is 6.92 Å². The Balaban J connectivity index is 2.57. The number of aryl methyl sites for hydroxylation is 1. The maximum Gasteiger partial charge on any atom is 0.128 e. The van der Waals surface area contributed by atoms with E-state index in [1.807, 2.05) is 31.2 Å². The molecule has 0 fully saturated rings. The molecule has 0 aliphatic heterocycles. The van der Waals surface area contributed by atoms with Gasteiger partial charge in [0.25, 0.3) is 0 Å². The Kier molecular flexibility index (Phi) is 3.37. The Bertz CT molecular complexity index is 568. The molecule has 0 unspecified atom stereocenters. The molecular weight excluding hydrogens is 228 g/mol. The van der Waals surface area contributed by atoms with Gasteiger partial charge in [-0.2, -0.15) is 0 Å². The minimum absolute atomic E-state index is 0.681. The highest BCUT2D eigenvalue weighted by atomic mass is 16.5. The van der Waals surface area contributed by atoms with E-state index in [0.717, 1.165) is 28.3 Å². The number of nitrogens with zero attached hydrogens (tertiary/aromatic N) is 1. The molecule has 0 spiro atoms. The van der Waals surface area contributed by atoms with E-state index in [1.54, 1.807) is 20.4 Å². The van der Waals surface area contributed by atoms with Gasteiger partial charge in [-0.1, -0.05) is 0 Å². The number of aromatic nitrogens is 1. The fourth-order valence-corrected chi connectivity index (χ4v) is 1.73. The molecule has 0 atom stereocenters. The van der Waals surface area contributed by atoms with Crippen LogP contribution in [-0.2, 0) is 0 Å². The van der Waals surface area contributed by atoms with Gasteiger partial charge in [-0.25, -0.2) is 0 Å². The number of hydrogen-bond donors (Lipinski definition) is 1. The lowest BCUT2D eigenvalue weighted by Gasteiger charge is -2.11. The number of anilines is 1. The molecule has 0 aliphatic carbocycles. The fourth-order valence-electron chi connectivity index (χ4n) is 1.73. The van der Waals surface area contributed by atoms with Crippen LogP contribution < -0.4 is 15.2 Å². The van der Waals surface area contributed by atoms with Crippen LogP contribution in [0.1, 0.15) is 5.56 Å². The van der Waals surface area contributed by atoms with E-state index >= 15 is 0 Å². The van der Waals surface area contributed by atoms with Crippen LogP contribution in [0.15, 0.2) is 30.5 Å². The summed E-state index contributed by atoms with van der Waals surface area (Å²) in [6, 6.07) is 7.55. The van der Waals surface area contributed by atoms with Gasteiger partial charge in [0.05, 0.1) is 31.8 Å². The number of nitrogens with two attached hydrogens (primary N) is 1. The summed E-state index contributed by atoms with van der Waals surface area (Å²) in [7, 11) is 3.27. The maximum atomic E-state index is 5.77. The second-order valence-corrected chi connectivity index (χ2v) is 3.99. The molecule has 1 aromatic heterocycles. The molecule has 2 aromatic rings. The highest BCUT2D eigenvalue weighted by Crippen LogP contribution is 2.33. The molecule has 0 amide bonds. The van der Waals surface area contributed by atoms with Crippen LogP contribution in [0.2, 0.25) is 0 Å². The molecular formula is C14H16N2O2. The third-order valence-electron chi connectivity index (χ3n) is 2.83. The van der Waals surface area contributed by atoms with Crippen LogP contribution in [0.25, 0.3) is 11.3 Å². The lowest BCUT2D eigenvalue weighted by Crippen LogP contribution is -1.95. The smallest absolute Gasteiger partial charge is 0.128 e. The second-order valence-electron chi connectivity index (χ2n) is 3.99. The Labute approximate surface area is 106 Å². The zero-order chi connectivity index (χ0) is 13.1. The van der Waals surface area contributed by atoms with Gasteiger partial charge in [0.15, 0.2) is 0 Å². The number of nitrogen functional groups attached to an aromatic ring is 1. The molecule has 4 nitrogen and oxygen atoms in total. The summed E-state index contributed by atoms with van der Waals surface area (Å²) in [5.41, 5.74) is 9.15. The molecule has 2 rings (SSSR count). The van der Waals surface area contributed by atoms with Gasteiger partial charge in [-0.3, -0.25) is 4.98 Å². The average molecular weight is 244 g/mol. The number of ether oxygens (including phenoxy) is 2. The highest BCUT2D eigenvalue weighted by Gasteiger charge is 2.09. The summed E-state index contributed by atoms with van der Waals surface area (Å²) in [6.45, 7) is 1.95.